The van der Waals surface area contributed by atoms with E-state index in [1.807, 2.05) is 26.2 Å². The number of nitrogens with one attached hydrogen (secondary N) is 1. The van der Waals surface area contributed by atoms with Gasteiger partial charge in [-0.1, -0.05) is 0 Å². The zero-order chi connectivity index (χ0) is 11.1. The van der Waals surface area contributed by atoms with E-state index in [0.717, 1.165) is 17.9 Å². The molecule has 1 unspecified atom stereocenters. The number of hydrogen-bond acceptors (Lipinski definition) is 4. The summed E-state index contributed by atoms with van der Waals surface area (Å²) in [5.41, 5.74) is 1.07. The number of pyridine rings is 1. The van der Waals surface area contributed by atoms with Crippen LogP contribution in [0.25, 0.3) is 0 Å². The van der Waals surface area contributed by atoms with Gasteiger partial charge in [-0.2, -0.15) is 0 Å². The van der Waals surface area contributed by atoms with Crippen LogP contribution in [-0.2, 0) is 4.74 Å². The Balaban J connectivity index is 2.72. The fraction of sp³-hybridized carbons (Fsp3) is 0.545. The molecule has 0 aliphatic rings. The lowest BCUT2D eigenvalue weighted by molar-refractivity contribution is 0.125. The van der Waals surface area contributed by atoms with Gasteiger partial charge in [0.2, 0.25) is 0 Å². The minimum absolute atomic E-state index is 0.160. The Kier molecular flexibility index (Phi) is 5.07. The fourth-order valence-electron chi connectivity index (χ4n) is 1.32. The van der Waals surface area contributed by atoms with Gasteiger partial charge in [-0.15, -0.1) is 0 Å². The predicted octanol–water partition coefficient (Wildman–Crippen LogP) is 1.39. The molecule has 0 aromatic carbocycles. The smallest absolute Gasteiger partial charge is 0.137 e. The lowest BCUT2D eigenvalue weighted by Crippen LogP contribution is -2.22. The van der Waals surface area contributed by atoms with Crippen LogP contribution in [0.5, 0.6) is 5.75 Å². The maximum absolute atomic E-state index is 5.38. The lowest BCUT2D eigenvalue weighted by Gasteiger charge is -2.16. The van der Waals surface area contributed by atoms with Crippen LogP contribution in [0.1, 0.15) is 18.5 Å². The van der Waals surface area contributed by atoms with E-state index in [1.54, 1.807) is 13.3 Å². The molecule has 1 atom stereocenters. The van der Waals surface area contributed by atoms with Gasteiger partial charge in [0.15, 0.2) is 0 Å². The topological polar surface area (TPSA) is 43.4 Å². The summed E-state index contributed by atoms with van der Waals surface area (Å²) in [5, 5.41) is 3.18. The Morgan fingerprint density at radius 1 is 1.47 bits per heavy atom. The van der Waals surface area contributed by atoms with Crippen molar-refractivity contribution in [1.29, 1.82) is 0 Å². The number of rotatable bonds is 6. The third-order valence-electron chi connectivity index (χ3n) is 2.21. The summed E-state index contributed by atoms with van der Waals surface area (Å²) in [5.74, 6) is 0.768. The zero-order valence-electron chi connectivity index (χ0n) is 9.49. The monoisotopic (exact) mass is 210 g/mol. The highest BCUT2D eigenvalue weighted by Crippen LogP contribution is 2.17. The van der Waals surface area contributed by atoms with E-state index < -0.39 is 0 Å². The van der Waals surface area contributed by atoms with E-state index in [-0.39, 0.29) is 6.04 Å². The van der Waals surface area contributed by atoms with E-state index >= 15 is 0 Å². The average Bonchev–Trinajstić information content (AvgIpc) is 2.30. The number of likely N-dealkylation sites (N-methyl/N-ethyl adjacent to an activating group) is 1. The normalized spacial score (nSPS) is 12.5. The molecule has 1 aromatic heterocycles. The maximum Gasteiger partial charge on any atom is 0.137 e. The van der Waals surface area contributed by atoms with Crippen LogP contribution < -0.4 is 10.1 Å². The maximum atomic E-state index is 5.38. The van der Waals surface area contributed by atoms with Gasteiger partial charge in [0.25, 0.3) is 0 Å². The second kappa shape index (κ2) is 6.37. The third kappa shape index (κ3) is 3.49. The highest BCUT2D eigenvalue weighted by Gasteiger charge is 2.10. The van der Waals surface area contributed by atoms with Crippen LogP contribution in [0.3, 0.4) is 0 Å². The van der Waals surface area contributed by atoms with Crippen molar-refractivity contribution in [1.82, 2.24) is 10.3 Å². The molecular formula is C11H18N2O2. The first-order chi connectivity index (χ1) is 7.31. The van der Waals surface area contributed by atoms with Crippen LogP contribution in [0.4, 0.5) is 0 Å². The van der Waals surface area contributed by atoms with Crippen molar-refractivity contribution in [3.05, 3.63) is 24.0 Å². The van der Waals surface area contributed by atoms with Crippen molar-refractivity contribution in [3.63, 3.8) is 0 Å². The largest absolute Gasteiger partial charge is 0.495 e. The van der Waals surface area contributed by atoms with Crippen LogP contribution in [-0.4, -0.2) is 32.4 Å². The van der Waals surface area contributed by atoms with Crippen molar-refractivity contribution in [2.45, 2.75) is 13.0 Å². The third-order valence-corrected chi connectivity index (χ3v) is 2.21. The molecule has 84 valence electrons. The van der Waals surface area contributed by atoms with Gasteiger partial charge < -0.3 is 14.8 Å². The molecule has 1 rings (SSSR count). The van der Waals surface area contributed by atoms with Gasteiger partial charge in [-0.25, -0.2) is 0 Å². The molecule has 1 N–H and O–H groups in total. The van der Waals surface area contributed by atoms with Gasteiger partial charge in [-0.05, 0) is 25.6 Å². The highest BCUT2D eigenvalue weighted by atomic mass is 16.5. The molecule has 4 heteroatoms. The number of hydrogen-bond donors (Lipinski definition) is 1. The quantitative estimate of drug-likeness (QED) is 0.770. The van der Waals surface area contributed by atoms with Crippen LogP contribution in [0, 0.1) is 0 Å². The molecule has 0 amide bonds. The van der Waals surface area contributed by atoms with Crippen LogP contribution in [0.15, 0.2) is 18.5 Å². The van der Waals surface area contributed by atoms with Crippen molar-refractivity contribution in [2.24, 2.45) is 0 Å². The minimum Gasteiger partial charge on any atom is -0.495 e. The lowest BCUT2D eigenvalue weighted by atomic mass is 10.1. The molecule has 1 heterocycles. The van der Waals surface area contributed by atoms with E-state index in [1.165, 1.54) is 0 Å². The van der Waals surface area contributed by atoms with E-state index in [0.29, 0.717) is 6.61 Å². The molecule has 0 fully saturated rings. The van der Waals surface area contributed by atoms with E-state index in [2.05, 4.69) is 10.3 Å². The minimum atomic E-state index is 0.160. The fourth-order valence-corrected chi connectivity index (χ4v) is 1.32. The van der Waals surface area contributed by atoms with Gasteiger partial charge in [0.05, 0.1) is 26.0 Å². The molecule has 0 saturated carbocycles. The standard InChI is InChI=1S/C11H18N2O2/c1-4-15-8-11(12-2)9-5-10(14-3)7-13-6-9/h5-7,11-12H,4,8H2,1-3H3. The van der Waals surface area contributed by atoms with E-state index in [4.69, 9.17) is 9.47 Å². The molecule has 0 saturated heterocycles. The van der Waals surface area contributed by atoms with Crippen LogP contribution in [0.2, 0.25) is 0 Å². The van der Waals surface area contributed by atoms with Gasteiger partial charge in [0.1, 0.15) is 5.75 Å². The van der Waals surface area contributed by atoms with Crippen molar-refractivity contribution >= 4 is 0 Å². The summed E-state index contributed by atoms with van der Waals surface area (Å²) in [4.78, 5) is 4.11. The summed E-state index contributed by atoms with van der Waals surface area (Å²) < 4.78 is 10.5. The first-order valence-corrected chi connectivity index (χ1v) is 5.05. The molecule has 1 aromatic rings. The summed E-state index contributed by atoms with van der Waals surface area (Å²) in [6, 6.07) is 2.13. The SMILES string of the molecule is CCOCC(NC)c1cncc(OC)c1. The highest BCUT2D eigenvalue weighted by molar-refractivity contribution is 5.25. The summed E-state index contributed by atoms with van der Waals surface area (Å²) >= 11 is 0. The molecule has 15 heavy (non-hydrogen) atoms. The number of nitrogens with zero attached hydrogens (tertiary/aromatic N) is 1. The molecule has 0 aliphatic heterocycles. The number of ether oxygens (including phenoxy) is 2. The molecular weight excluding hydrogens is 192 g/mol. The second-order valence-corrected chi connectivity index (χ2v) is 3.16. The molecule has 0 bridgehead atoms. The Bertz CT molecular complexity index is 292. The number of aromatic nitrogens is 1. The van der Waals surface area contributed by atoms with E-state index in [9.17, 15) is 0 Å². The van der Waals surface area contributed by atoms with Crippen LogP contribution >= 0.6 is 0 Å². The molecule has 0 radical (unpaired) electrons. The van der Waals surface area contributed by atoms with Gasteiger partial charge in [-0.3, -0.25) is 4.98 Å². The Labute approximate surface area is 90.6 Å². The molecule has 0 spiro atoms. The number of methoxy groups -OCH3 is 1. The van der Waals surface area contributed by atoms with Crippen molar-refractivity contribution in [3.8, 4) is 5.75 Å². The zero-order valence-corrected chi connectivity index (χ0v) is 9.49. The summed E-state index contributed by atoms with van der Waals surface area (Å²) in [7, 11) is 3.54. The second-order valence-electron chi connectivity index (χ2n) is 3.16. The first kappa shape index (κ1) is 11.9. The van der Waals surface area contributed by atoms with Crippen molar-refractivity contribution in [2.75, 3.05) is 27.4 Å². The van der Waals surface area contributed by atoms with Gasteiger partial charge >= 0.3 is 0 Å². The predicted molar refractivity (Wildman–Crippen MR) is 59.1 cm³/mol. The average molecular weight is 210 g/mol. The Hall–Kier alpha value is -1.13. The Morgan fingerprint density at radius 3 is 2.87 bits per heavy atom. The van der Waals surface area contributed by atoms with Gasteiger partial charge in [0, 0.05) is 12.8 Å². The molecule has 4 nitrogen and oxygen atoms in total. The molecule has 0 aliphatic carbocycles. The summed E-state index contributed by atoms with van der Waals surface area (Å²) in [6.45, 7) is 3.34. The first-order valence-electron chi connectivity index (χ1n) is 5.05. The van der Waals surface area contributed by atoms with Crippen molar-refractivity contribution < 1.29 is 9.47 Å². The Morgan fingerprint density at radius 2 is 2.27 bits per heavy atom. The summed E-state index contributed by atoms with van der Waals surface area (Å²) in [6.07, 6.45) is 3.51.